The van der Waals surface area contributed by atoms with E-state index in [9.17, 15) is 4.79 Å². The first kappa shape index (κ1) is 14.9. The first-order valence-corrected chi connectivity index (χ1v) is 6.58. The van der Waals surface area contributed by atoms with Gasteiger partial charge in [0.2, 0.25) is 5.91 Å². The van der Waals surface area contributed by atoms with E-state index in [0.717, 1.165) is 0 Å². The average Bonchev–Trinajstić information content (AvgIpc) is 2.50. The molecule has 0 unspecified atom stereocenters. The van der Waals surface area contributed by atoms with Gasteiger partial charge < -0.3 is 20.1 Å². The van der Waals surface area contributed by atoms with Gasteiger partial charge in [0.15, 0.2) is 5.75 Å². The number of carbonyl (C=O) groups is 1. The minimum Gasteiger partial charge on any atom is -0.497 e. The number of anilines is 1. The summed E-state index contributed by atoms with van der Waals surface area (Å²) in [6.07, 6.45) is 0. The van der Waals surface area contributed by atoms with Crippen LogP contribution in [0.3, 0.4) is 0 Å². The minimum absolute atomic E-state index is 0.126. The molecule has 0 aliphatic rings. The molecule has 0 saturated heterocycles. The molecule has 0 bridgehead atoms. The Morgan fingerprint density at radius 2 is 1.86 bits per heavy atom. The number of methoxy groups -OCH3 is 1. The topological polar surface area (TPSA) is 59.6 Å². The Labute approximate surface area is 123 Å². The zero-order valence-corrected chi connectivity index (χ0v) is 12.1. The molecule has 2 aromatic rings. The van der Waals surface area contributed by atoms with E-state index >= 15 is 0 Å². The normalized spacial score (nSPS) is 10.0. The van der Waals surface area contributed by atoms with Crippen LogP contribution in [0.2, 0.25) is 0 Å². The van der Waals surface area contributed by atoms with Gasteiger partial charge >= 0.3 is 0 Å². The van der Waals surface area contributed by atoms with Crippen molar-refractivity contribution in [2.24, 2.45) is 0 Å². The van der Waals surface area contributed by atoms with Gasteiger partial charge in [-0.1, -0.05) is 18.2 Å². The van der Waals surface area contributed by atoms with Crippen LogP contribution in [0.25, 0.3) is 0 Å². The molecule has 0 fully saturated rings. The molecule has 0 spiro atoms. The lowest BCUT2D eigenvalue weighted by molar-refractivity contribution is -0.115. The number of hydrogen-bond donors (Lipinski definition) is 2. The van der Waals surface area contributed by atoms with Crippen LogP contribution in [0.15, 0.2) is 48.5 Å². The van der Waals surface area contributed by atoms with Crippen molar-refractivity contribution in [1.82, 2.24) is 5.32 Å². The maximum absolute atomic E-state index is 11.7. The summed E-state index contributed by atoms with van der Waals surface area (Å²) in [7, 11) is 3.32. The fraction of sp³-hybridized carbons (Fsp3) is 0.188. The summed E-state index contributed by atoms with van der Waals surface area (Å²) >= 11 is 0. The van der Waals surface area contributed by atoms with Gasteiger partial charge in [-0.15, -0.1) is 0 Å². The van der Waals surface area contributed by atoms with Gasteiger partial charge in [0.05, 0.1) is 19.3 Å². The number of nitrogens with one attached hydrogen (secondary N) is 2. The second-order valence-electron chi connectivity index (χ2n) is 4.36. The summed E-state index contributed by atoms with van der Waals surface area (Å²) in [6.45, 7) is 0.244. The van der Waals surface area contributed by atoms with Crippen LogP contribution in [0.5, 0.6) is 17.2 Å². The van der Waals surface area contributed by atoms with Gasteiger partial charge in [0.1, 0.15) is 11.5 Å². The predicted octanol–water partition coefficient (Wildman–Crippen LogP) is 2.65. The van der Waals surface area contributed by atoms with Crippen molar-refractivity contribution in [3.63, 3.8) is 0 Å². The molecule has 2 N–H and O–H groups in total. The highest BCUT2D eigenvalue weighted by atomic mass is 16.5. The van der Waals surface area contributed by atoms with Crippen molar-refractivity contribution in [2.45, 2.75) is 0 Å². The van der Waals surface area contributed by atoms with Crippen molar-refractivity contribution < 1.29 is 14.3 Å². The zero-order chi connectivity index (χ0) is 15.1. The summed E-state index contributed by atoms with van der Waals surface area (Å²) < 4.78 is 11.0. The highest BCUT2D eigenvalue weighted by Crippen LogP contribution is 2.30. The third-order valence-electron chi connectivity index (χ3n) is 2.77. The van der Waals surface area contributed by atoms with E-state index in [1.165, 1.54) is 0 Å². The van der Waals surface area contributed by atoms with Crippen LogP contribution >= 0.6 is 0 Å². The molecule has 0 atom stereocenters. The Hall–Kier alpha value is -2.53. The molecule has 1 amide bonds. The summed E-state index contributed by atoms with van der Waals surface area (Å²) in [5.74, 6) is 1.81. The number of ether oxygens (including phenoxy) is 2. The Balaban J connectivity index is 2.17. The molecule has 110 valence electrons. The summed E-state index contributed by atoms with van der Waals surface area (Å²) in [6, 6.07) is 14.6. The van der Waals surface area contributed by atoms with Crippen molar-refractivity contribution >= 4 is 11.6 Å². The number of hydrogen-bond acceptors (Lipinski definition) is 4. The van der Waals surface area contributed by atoms with Crippen molar-refractivity contribution in [2.75, 3.05) is 26.0 Å². The Morgan fingerprint density at radius 3 is 2.62 bits per heavy atom. The molecule has 0 aliphatic heterocycles. The molecule has 5 nitrogen and oxygen atoms in total. The summed E-state index contributed by atoms with van der Waals surface area (Å²) in [5.41, 5.74) is 0.626. The van der Waals surface area contributed by atoms with E-state index in [1.807, 2.05) is 30.3 Å². The van der Waals surface area contributed by atoms with E-state index < -0.39 is 0 Å². The van der Waals surface area contributed by atoms with E-state index in [4.69, 9.17) is 9.47 Å². The van der Waals surface area contributed by atoms with E-state index in [1.54, 1.807) is 32.4 Å². The van der Waals surface area contributed by atoms with Crippen LogP contribution in [-0.2, 0) is 4.79 Å². The van der Waals surface area contributed by atoms with Crippen LogP contribution in [0.4, 0.5) is 5.69 Å². The lowest BCUT2D eigenvalue weighted by Crippen LogP contribution is -2.25. The maximum atomic E-state index is 11.7. The molecule has 0 heterocycles. The summed E-state index contributed by atoms with van der Waals surface area (Å²) in [4.78, 5) is 11.7. The van der Waals surface area contributed by atoms with Crippen molar-refractivity contribution in [3.8, 4) is 17.2 Å². The fourth-order valence-corrected chi connectivity index (χ4v) is 1.81. The number of para-hydroxylation sites is 2. The molecule has 0 aromatic heterocycles. The SMILES string of the molecule is CNCC(=O)Nc1ccccc1Oc1cccc(OC)c1. The third-order valence-corrected chi connectivity index (χ3v) is 2.77. The van der Waals surface area contributed by atoms with Gasteiger partial charge in [0.25, 0.3) is 0 Å². The van der Waals surface area contributed by atoms with E-state index in [2.05, 4.69) is 10.6 Å². The van der Waals surface area contributed by atoms with E-state index in [0.29, 0.717) is 22.9 Å². The standard InChI is InChI=1S/C16H18N2O3/c1-17-11-16(19)18-14-8-3-4-9-15(14)21-13-7-5-6-12(10-13)20-2/h3-10,17H,11H2,1-2H3,(H,18,19). The molecule has 21 heavy (non-hydrogen) atoms. The Bertz CT molecular complexity index is 614. The lowest BCUT2D eigenvalue weighted by atomic mass is 10.2. The maximum Gasteiger partial charge on any atom is 0.238 e. The monoisotopic (exact) mass is 286 g/mol. The highest BCUT2D eigenvalue weighted by molar-refractivity contribution is 5.93. The largest absolute Gasteiger partial charge is 0.497 e. The number of benzene rings is 2. The first-order valence-electron chi connectivity index (χ1n) is 6.58. The molecule has 0 saturated carbocycles. The quantitative estimate of drug-likeness (QED) is 0.857. The summed E-state index contributed by atoms with van der Waals surface area (Å²) in [5, 5.41) is 5.61. The Kier molecular flexibility index (Phi) is 5.17. The smallest absolute Gasteiger partial charge is 0.238 e. The van der Waals surface area contributed by atoms with Crippen molar-refractivity contribution in [3.05, 3.63) is 48.5 Å². The molecule has 2 aromatic carbocycles. The molecule has 2 rings (SSSR count). The molecule has 5 heteroatoms. The number of likely N-dealkylation sites (N-methyl/N-ethyl adjacent to an activating group) is 1. The van der Waals surface area contributed by atoms with Crippen LogP contribution in [0.1, 0.15) is 0 Å². The number of amides is 1. The lowest BCUT2D eigenvalue weighted by Gasteiger charge is -2.12. The number of rotatable bonds is 6. The second kappa shape index (κ2) is 7.31. The molecular weight excluding hydrogens is 268 g/mol. The minimum atomic E-state index is -0.126. The third kappa shape index (κ3) is 4.22. The van der Waals surface area contributed by atoms with Crippen LogP contribution in [0, 0.1) is 0 Å². The average molecular weight is 286 g/mol. The van der Waals surface area contributed by atoms with Crippen LogP contribution < -0.4 is 20.1 Å². The molecular formula is C16H18N2O3. The zero-order valence-electron chi connectivity index (χ0n) is 12.1. The van der Waals surface area contributed by atoms with Gasteiger partial charge in [-0.05, 0) is 31.3 Å². The van der Waals surface area contributed by atoms with Gasteiger partial charge in [-0.25, -0.2) is 0 Å². The van der Waals surface area contributed by atoms with Crippen LogP contribution in [-0.4, -0.2) is 26.6 Å². The Morgan fingerprint density at radius 1 is 1.10 bits per heavy atom. The number of carbonyl (C=O) groups excluding carboxylic acids is 1. The molecule has 0 aliphatic carbocycles. The van der Waals surface area contributed by atoms with Gasteiger partial charge in [0, 0.05) is 6.07 Å². The van der Waals surface area contributed by atoms with E-state index in [-0.39, 0.29) is 12.5 Å². The second-order valence-corrected chi connectivity index (χ2v) is 4.36. The van der Waals surface area contributed by atoms with Crippen molar-refractivity contribution in [1.29, 1.82) is 0 Å². The predicted molar refractivity (Wildman–Crippen MR) is 82.1 cm³/mol. The van der Waals surface area contributed by atoms with Gasteiger partial charge in [-0.3, -0.25) is 4.79 Å². The van der Waals surface area contributed by atoms with Gasteiger partial charge in [-0.2, -0.15) is 0 Å². The fourth-order valence-electron chi connectivity index (χ4n) is 1.81. The molecule has 0 radical (unpaired) electrons. The highest BCUT2D eigenvalue weighted by Gasteiger charge is 2.08. The first-order chi connectivity index (χ1) is 10.2.